The molecule has 0 spiro atoms. The smallest absolute Gasteiger partial charge is 0.0549 e. The molecule has 0 radical (unpaired) electrons. The molecule has 3 heteroatoms. The molecule has 0 aliphatic rings. The number of para-hydroxylation sites is 2. The molecule has 2 aromatic heterocycles. The summed E-state index contributed by atoms with van der Waals surface area (Å²) in [5.41, 5.74) is 17.7. The highest BCUT2D eigenvalue weighted by atomic mass is 32.1. The molecule has 0 saturated heterocycles. The van der Waals surface area contributed by atoms with Crippen LogP contribution in [0.5, 0.6) is 0 Å². The van der Waals surface area contributed by atoms with E-state index in [1.807, 2.05) is 45.9 Å². The van der Waals surface area contributed by atoms with Gasteiger partial charge in [0.2, 0.25) is 0 Å². The van der Waals surface area contributed by atoms with Crippen LogP contribution in [-0.2, 0) is 6.42 Å². The van der Waals surface area contributed by atoms with Gasteiger partial charge in [-0.3, -0.25) is 0 Å². The standard InChI is InChI=1S/C51H44N2.C8H12.C3H6S.C2H6/c1-4-6-18-37-21-13-14-24-42(37)48-35(3)27-32-46-50(48)51-47(53(46)40-30-28-38(29-31-40)41(17-5-2)36-19-9-7-10-20-36)34-33-45-49(51)43-25-15-16-26-44(43)52(45)39-22-11-8-12-23-39;1-4-6-8(3)7-5-2;1-2-3-4;1-2/h7-17,19-34H,4-6,18H2,1-3H3;4-7H,1H2,2-3H3;2,4H,1,3H2;1-2H3/b41-17+;7-5-,8-6-;;. The van der Waals surface area contributed by atoms with Gasteiger partial charge in [-0.25, -0.2) is 0 Å². The van der Waals surface area contributed by atoms with Crippen molar-refractivity contribution in [1.82, 2.24) is 9.13 Å². The average molecular weight is 897 g/mol. The van der Waals surface area contributed by atoms with E-state index >= 15 is 0 Å². The Hall–Kier alpha value is -6.81. The highest BCUT2D eigenvalue weighted by molar-refractivity contribution is 7.80. The molecule has 340 valence electrons. The summed E-state index contributed by atoms with van der Waals surface area (Å²) in [6.45, 7) is 21.8. The molecule has 0 atom stereocenters. The molecule has 0 N–H and O–H groups in total. The summed E-state index contributed by atoms with van der Waals surface area (Å²) in [4.78, 5) is 0. The zero-order valence-corrected chi connectivity index (χ0v) is 41.7. The molecule has 0 aliphatic carbocycles. The second-order valence-corrected chi connectivity index (χ2v) is 16.7. The fraction of sp³-hybridized carbons (Fsp3) is 0.188. The molecule has 67 heavy (non-hydrogen) atoms. The van der Waals surface area contributed by atoms with Crippen molar-refractivity contribution < 1.29 is 0 Å². The molecular formula is C64H68N2S. The molecule has 7 aromatic carbocycles. The Morgan fingerprint density at radius 1 is 0.612 bits per heavy atom. The predicted octanol–water partition coefficient (Wildman–Crippen LogP) is 18.9. The van der Waals surface area contributed by atoms with E-state index in [4.69, 9.17) is 0 Å². The lowest BCUT2D eigenvalue weighted by molar-refractivity contribution is 0.796. The van der Waals surface area contributed by atoms with E-state index in [0.717, 1.165) is 24.3 Å². The van der Waals surface area contributed by atoms with Crippen LogP contribution in [0.1, 0.15) is 83.1 Å². The molecule has 9 aromatic rings. The summed E-state index contributed by atoms with van der Waals surface area (Å²) < 4.78 is 4.95. The Balaban J connectivity index is 0.000000467. The molecule has 0 amide bonds. The molecule has 0 bridgehead atoms. The summed E-state index contributed by atoms with van der Waals surface area (Å²) >= 11 is 3.80. The lowest BCUT2D eigenvalue weighted by Crippen LogP contribution is -1.96. The lowest BCUT2D eigenvalue weighted by Gasteiger charge is -2.15. The average Bonchev–Trinajstić information content (AvgIpc) is 3.90. The predicted molar refractivity (Wildman–Crippen MR) is 302 cm³/mol. The van der Waals surface area contributed by atoms with Gasteiger partial charge in [-0.05, 0) is 128 Å². The van der Waals surface area contributed by atoms with E-state index in [2.05, 4.69) is 219 Å². The third-order valence-corrected chi connectivity index (χ3v) is 12.2. The molecule has 0 unspecified atom stereocenters. The fourth-order valence-corrected chi connectivity index (χ4v) is 9.10. The Bertz CT molecular complexity index is 3140. The molecule has 9 rings (SSSR count). The van der Waals surface area contributed by atoms with E-state index in [0.29, 0.717) is 0 Å². The number of aromatic nitrogens is 2. The van der Waals surface area contributed by atoms with E-state index in [1.165, 1.54) is 107 Å². The van der Waals surface area contributed by atoms with Gasteiger partial charge in [-0.2, -0.15) is 12.6 Å². The molecule has 0 aliphatic heterocycles. The van der Waals surface area contributed by atoms with Crippen LogP contribution in [-0.4, -0.2) is 14.9 Å². The van der Waals surface area contributed by atoms with Gasteiger partial charge in [0.1, 0.15) is 0 Å². The first-order chi connectivity index (χ1) is 32.9. The summed E-state index contributed by atoms with van der Waals surface area (Å²) in [5, 5.41) is 5.21. The number of nitrogens with zero attached hydrogens (tertiary/aromatic N) is 2. The maximum atomic E-state index is 3.80. The van der Waals surface area contributed by atoms with Crippen molar-refractivity contribution in [3.63, 3.8) is 0 Å². The van der Waals surface area contributed by atoms with Crippen LogP contribution in [0.15, 0.2) is 213 Å². The third kappa shape index (κ3) is 10.9. The fourth-order valence-electron chi connectivity index (χ4n) is 9.10. The van der Waals surface area contributed by atoms with Crippen molar-refractivity contribution in [3.8, 4) is 22.5 Å². The Morgan fingerprint density at radius 3 is 1.81 bits per heavy atom. The maximum absolute atomic E-state index is 3.80. The number of fused-ring (bicyclic) bond motifs is 7. The minimum atomic E-state index is 0.778. The lowest BCUT2D eigenvalue weighted by atomic mass is 9.89. The topological polar surface area (TPSA) is 9.86 Å². The second-order valence-electron chi connectivity index (χ2n) is 16.3. The van der Waals surface area contributed by atoms with Crippen molar-refractivity contribution >= 4 is 61.8 Å². The van der Waals surface area contributed by atoms with E-state index in [9.17, 15) is 0 Å². The summed E-state index contributed by atoms with van der Waals surface area (Å²) in [6.07, 6.45) is 16.3. The Kier molecular flexibility index (Phi) is 18.2. The second kappa shape index (κ2) is 24.6. The first kappa shape index (κ1) is 49.6. The Morgan fingerprint density at radius 2 is 1.16 bits per heavy atom. The van der Waals surface area contributed by atoms with Gasteiger partial charge in [0.15, 0.2) is 0 Å². The third-order valence-electron chi connectivity index (χ3n) is 11.9. The number of hydrogen-bond donors (Lipinski definition) is 1. The Labute approximate surface area is 406 Å². The number of allylic oxidation sites excluding steroid dienone is 6. The van der Waals surface area contributed by atoms with E-state index in [1.54, 1.807) is 12.2 Å². The van der Waals surface area contributed by atoms with Gasteiger partial charge in [0.25, 0.3) is 0 Å². The monoisotopic (exact) mass is 897 g/mol. The number of unbranched alkanes of at least 4 members (excludes halogenated alkanes) is 1. The number of aryl methyl sites for hydroxylation is 2. The zero-order valence-electron chi connectivity index (χ0n) is 40.8. The van der Waals surface area contributed by atoms with Crippen LogP contribution < -0.4 is 0 Å². The summed E-state index contributed by atoms with van der Waals surface area (Å²) in [6, 6.07) is 58.2. The largest absolute Gasteiger partial charge is 0.309 e. The van der Waals surface area contributed by atoms with Gasteiger partial charge in [0.05, 0.1) is 22.1 Å². The van der Waals surface area contributed by atoms with Crippen LogP contribution in [0.3, 0.4) is 0 Å². The molecular weight excluding hydrogens is 829 g/mol. The quantitative estimate of drug-likeness (QED) is 0.0711. The van der Waals surface area contributed by atoms with Crippen molar-refractivity contribution in [2.24, 2.45) is 0 Å². The van der Waals surface area contributed by atoms with Gasteiger partial charge < -0.3 is 9.13 Å². The normalized spacial score (nSPS) is 11.5. The minimum absolute atomic E-state index is 0.778. The van der Waals surface area contributed by atoms with Crippen molar-refractivity contribution in [1.29, 1.82) is 0 Å². The molecule has 2 heterocycles. The molecule has 2 nitrogen and oxygen atoms in total. The highest BCUT2D eigenvalue weighted by Gasteiger charge is 2.24. The highest BCUT2D eigenvalue weighted by Crippen LogP contribution is 2.47. The van der Waals surface area contributed by atoms with E-state index < -0.39 is 0 Å². The van der Waals surface area contributed by atoms with Crippen LogP contribution in [0.25, 0.3) is 71.7 Å². The SMILES string of the molecule is C=C/C=C(C)\C=C/C.C=CCS.CC.CC/C=C(\c1ccccc1)c1ccc(-n2c3ccc(C)c(-c4ccccc4CCCC)c3c3c4c5ccccc5n(-c5ccccc5)c4ccc32)cc1. The van der Waals surface area contributed by atoms with Gasteiger partial charge in [-0.15, -0.1) is 6.58 Å². The van der Waals surface area contributed by atoms with Crippen molar-refractivity contribution in [3.05, 3.63) is 235 Å². The van der Waals surface area contributed by atoms with Crippen LogP contribution in [0.4, 0.5) is 0 Å². The first-order valence-electron chi connectivity index (χ1n) is 24.0. The minimum Gasteiger partial charge on any atom is -0.309 e. The summed E-state index contributed by atoms with van der Waals surface area (Å²) in [5.74, 6) is 0.778. The van der Waals surface area contributed by atoms with Crippen LogP contribution in [0, 0.1) is 6.92 Å². The first-order valence-corrected chi connectivity index (χ1v) is 24.7. The van der Waals surface area contributed by atoms with Crippen LogP contribution in [0.2, 0.25) is 0 Å². The summed E-state index contributed by atoms with van der Waals surface area (Å²) in [7, 11) is 0. The van der Waals surface area contributed by atoms with E-state index in [-0.39, 0.29) is 0 Å². The van der Waals surface area contributed by atoms with Gasteiger partial charge >= 0.3 is 0 Å². The van der Waals surface area contributed by atoms with Crippen molar-refractivity contribution in [2.75, 3.05) is 5.75 Å². The number of benzene rings is 7. The number of rotatable bonds is 12. The maximum Gasteiger partial charge on any atom is 0.0549 e. The zero-order chi connectivity index (χ0) is 47.7. The van der Waals surface area contributed by atoms with Crippen LogP contribution >= 0.6 is 12.6 Å². The van der Waals surface area contributed by atoms with Gasteiger partial charge in [-0.1, -0.05) is 192 Å². The molecule has 0 fully saturated rings. The number of thiol groups is 1. The number of hydrogen-bond acceptors (Lipinski definition) is 1. The molecule has 0 saturated carbocycles. The van der Waals surface area contributed by atoms with Gasteiger partial charge in [0, 0.05) is 38.7 Å². The van der Waals surface area contributed by atoms with Crippen molar-refractivity contribution in [2.45, 2.75) is 74.1 Å².